The summed E-state index contributed by atoms with van der Waals surface area (Å²) in [5.41, 5.74) is 0. The van der Waals surface area contributed by atoms with E-state index in [4.69, 9.17) is 0 Å². The summed E-state index contributed by atoms with van der Waals surface area (Å²) >= 11 is 0. The minimum atomic E-state index is 0.763. The molecule has 0 fully saturated rings. The summed E-state index contributed by atoms with van der Waals surface area (Å²) in [6.07, 6.45) is 9.02. The van der Waals surface area contributed by atoms with Crippen LogP contribution in [0.2, 0.25) is 0 Å². The molecule has 0 saturated heterocycles. The topological polar surface area (TPSA) is 41.1 Å². The van der Waals surface area contributed by atoms with Crippen LogP contribution in [0, 0.1) is 0 Å². The molecular weight excluding hydrogens is 176 g/mol. The van der Waals surface area contributed by atoms with Gasteiger partial charge in [0.1, 0.15) is 0 Å². The van der Waals surface area contributed by atoms with E-state index < -0.39 is 0 Å². The molecule has 1 radical (unpaired) electrons. The molecule has 0 rings (SSSR count). The molecule has 83 valence electrons. The number of unbranched alkanes of at least 4 members (excludes halogenated alkanes) is 4. The summed E-state index contributed by atoms with van der Waals surface area (Å²) in [7, 11) is 0. The van der Waals surface area contributed by atoms with Crippen molar-refractivity contribution in [1.29, 1.82) is 0 Å². The van der Waals surface area contributed by atoms with Gasteiger partial charge in [0.25, 0.3) is 0 Å². The van der Waals surface area contributed by atoms with Crippen molar-refractivity contribution in [3.05, 3.63) is 0 Å². The number of carbonyl (C=O) groups excluding carboxylic acids is 1. The standard InChI is InChI=1S/C11H23N2O/c1-2-3-5-8-12-9-6-4-7-10-13-11-14/h12H,2-10H2,1H3,(H,13,14). The lowest BCUT2D eigenvalue weighted by Gasteiger charge is -2.03. The van der Waals surface area contributed by atoms with Gasteiger partial charge in [-0.25, -0.2) is 0 Å². The van der Waals surface area contributed by atoms with Crippen molar-refractivity contribution >= 4 is 6.41 Å². The van der Waals surface area contributed by atoms with Gasteiger partial charge in [0.05, 0.1) is 0 Å². The first-order valence-electron chi connectivity index (χ1n) is 5.72. The van der Waals surface area contributed by atoms with E-state index >= 15 is 0 Å². The number of hydrogen-bond donors (Lipinski definition) is 2. The van der Waals surface area contributed by atoms with E-state index in [1.54, 1.807) is 6.41 Å². The fraction of sp³-hybridized carbons (Fsp3) is 0.909. The van der Waals surface area contributed by atoms with Gasteiger partial charge in [0.15, 0.2) is 0 Å². The van der Waals surface area contributed by atoms with Gasteiger partial charge < -0.3 is 10.6 Å². The Bertz CT molecular complexity index is 118. The Morgan fingerprint density at radius 3 is 2.21 bits per heavy atom. The Morgan fingerprint density at radius 1 is 0.929 bits per heavy atom. The van der Waals surface area contributed by atoms with E-state index in [1.165, 1.54) is 32.1 Å². The van der Waals surface area contributed by atoms with Gasteiger partial charge in [0, 0.05) is 6.54 Å². The summed E-state index contributed by atoms with van der Waals surface area (Å²) in [5, 5.41) is 5.95. The van der Waals surface area contributed by atoms with E-state index in [9.17, 15) is 4.79 Å². The molecule has 1 amide bonds. The zero-order chi connectivity index (χ0) is 10.5. The number of hydrogen-bond acceptors (Lipinski definition) is 2. The first-order valence-corrected chi connectivity index (χ1v) is 5.72. The highest BCUT2D eigenvalue weighted by molar-refractivity contribution is 5.46. The molecule has 0 spiro atoms. The first-order chi connectivity index (χ1) is 6.91. The average Bonchev–Trinajstić information content (AvgIpc) is 2.21. The van der Waals surface area contributed by atoms with Crippen LogP contribution in [0.25, 0.3) is 0 Å². The minimum absolute atomic E-state index is 0.763. The summed E-state index contributed by atoms with van der Waals surface area (Å²) in [6.45, 7) is 5.24. The van der Waals surface area contributed by atoms with Crippen LogP contribution >= 0.6 is 0 Å². The van der Waals surface area contributed by atoms with Crippen molar-refractivity contribution in [2.75, 3.05) is 19.6 Å². The quantitative estimate of drug-likeness (QED) is 0.392. The summed E-state index contributed by atoms with van der Waals surface area (Å²) < 4.78 is 0. The van der Waals surface area contributed by atoms with Gasteiger partial charge in [-0.1, -0.05) is 26.2 Å². The maximum absolute atomic E-state index is 9.79. The van der Waals surface area contributed by atoms with Crippen LogP contribution in [-0.2, 0) is 4.79 Å². The Hall–Kier alpha value is -0.570. The molecule has 0 aliphatic rings. The molecule has 14 heavy (non-hydrogen) atoms. The SMILES string of the molecule is CCCCCNCCCCCN[C]=O. The van der Waals surface area contributed by atoms with E-state index in [0.29, 0.717) is 0 Å². The van der Waals surface area contributed by atoms with Crippen molar-refractivity contribution in [2.45, 2.75) is 45.4 Å². The Kier molecular flexibility index (Phi) is 11.9. The number of amides is 1. The van der Waals surface area contributed by atoms with E-state index in [1.807, 2.05) is 0 Å². The molecule has 2 N–H and O–H groups in total. The second-order valence-corrected chi connectivity index (χ2v) is 3.55. The predicted molar refractivity (Wildman–Crippen MR) is 59.9 cm³/mol. The molecule has 0 atom stereocenters. The van der Waals surface area contributed by atoms with Crippen LogP contribution in [0.1, 0.15) is 45.4 Å². The molecule has 0 aromatic rings. The molecule has 0 aromatic heterocycles. The lowest BCUT2D eigenvalue weighted by atomic mass is 10.2. The van der Waals surface area contributed by atoms with Gasteiger partial charge in [-0.05, 0) is 32.4 Å². The smallest absolute Gasteiger partial charge is 0.309 e. The summed E-state index contributed by atoms with van der Waals surface area (Å²) in [5.74, 6) is 0. The summed E-state index contributed by atoms with van der Waals surface area (Å²) in [4.78, 5) is 9.79. The molecular formula is C11H23N2O. The third-order valence-electron chi connectivity index (χ3n) is 2.18. The highest BCUT2D eigenvalue weighted by Gasteiger charge is 1.90. The van der Waals surface area contributed by atoms with Gasteiger partial charge in [0.2, 0.25) is 0 Å². The van der Waals surface area contributed by atoms with Crippen LogP contribution in [0.5, 0.6) is 0 Å². The van der Waals surface area contributed by atoms with Crippen LogP contribution in [0.3, 0.4) is 0 Å². The second kappa shape index (κ2) is 12.4. The van der Waals surface area contributed by atoms with E-state index in [0.717, 1.165) is 26.1 Å². The van der Waals surface area contributed by atoms with Crippen molar-refractivity contribution < 1.29 is 4.79 Å². The Balaban J connectivity index is 2.81. The van der Waals surface area contributed by atoms with Crippen LogP contribution in [-0.4, -0.2) is 26.0 Å². The van der Waals surface area contributed by atoms with E-state index in [-0.39, 0.29) is 0 Å². The monoisotopic (exact) mass is 199 g/mol. The van der Waals surface area contributed by atoms with Crippen LogP contribution < -0.4 is 10.6 Å². The van der Waals surface area contributed by atoms with Crippen LogP contribution in [0.4, 0.5) is 0 Å². The molecule has 3 nitrogen and oxygen atoms in total. The van der Waals surface area contributed by atoms with Gasteiger partial charge in [-0.3, -0.25) is 4.79 Å². The average molecular weight is 199 g/mol. The zero-order valence-electron chi connectivity index (χ0n) is 9.27. The molecule has 0 bridgehead atoms. The molecule has 3 heteroatoms. The fourth-order valence-corrected chi connectivity index (χ4v) is 1.32. The van der Waals surface area contributed by atoms with Gasteiger partial charge in [-0.15, -0.1) is 0 Å². The normalized spacial score (nSPS) is 10.1. The van der Waals surface area contributed by atoms with Crippen LogP contribution in [0.15, 0.2) is 0 Å². The van der Waals surface area contributed by atoms with Crippen molar-refractivity contribution in [3.8, 4) is 0 Å². The van der Waals surface area contributed by atoms with Gasteiger partial charge >= 0.3 is 6.41 Å². The van der Waals surface area contributed by atoms with E-state index in [2.05, 4.69) is 17.6 Å². The molecule has 0 saturated carbocycles. The first kappa shape index (κ1) is 13.4. The Morgan fingerprint density at radius 2 is 1.57 bits per heavy atom. The highest BCUT2D eigenvalue weighted by Crippen LogP contribution is 1.94. The highest BCUT2D eigenvalue weighted by atomic mass is 16.1. The third kappa shape index (κ3) is 11.4. The lowest BCUT2D eigenvalue weighted by Crippen LogP contribution is -2.17. The lowest BCUT2D eigenvalue weighted by molar-refractivity contribution is 0.534. The van der Waals surface area contributed by atoms with Crippen molar-refractivity contribution in [1.82, 2.24) is 10.6 Å². The molecule has 0 aliphatic carbocycles. The number of rotatable bonds is 11. The minimum Gasteiger partial charge on any atom is -0.348 e. The maximum Gasteiger partial charge on any atom is 0.309 e. The summed E-state index contributed by atoms with van der Waals surface area (Å²) in [6, 6.07) is 0. The van der Waals surface area contributed by atoms with Crippen molar-refractivity contribution in [2.24, 2.45) is 0 Å². The second-order valence-electron chi connectivity index (χ2n) is 3.55. The van der Waals surface area contributed by atoms with Gasteiger partial charge in [-0.2, -0.15) is 0 Å². The zero-order valence-corrected chi connectivity index (χ0v) is 9.27. The molecule has 0 aromatic carbocycles. The number of nitrogens with one attached hydrogen (secondary N) is 2. The maximum atomic E-state index is 9.79. The van der Waals surface area contributed by atoms with Crippen molar-refractivity contribution in [3.63, 3.8) is 0 Å². The third-order valence-corrected chi connectivity index (χ3v) is 2.18. The fourth-order valence-electron chi connectivity index (χ4n) is 1.32. The predicted octanol–water partition coefficient (Wildman–Crippen LogP) is 1.59. The Labute approximate surface area is 87.6 Å². The largest absolute Gasteiger partial charge is 0.348 e. The molecule has 0 aliphatic heterocycles. The molecule has 0 unspecified atom stereocenters. The molecule has 0 heterocycles.